The molecular weight excluding hydrogens is 518 g/mol. The Bertz CT molecular complexity index is 1510. The number of para-hydroxylation sites is 1. The zero-order valence-corrected chi connectivity index (χ0v) is 20.3. The topological polar surface area (TPSA) is 98.7 Å². The lowest BCUT2D eigenvalue weighted by molar-refractivity contribution is -0.137. The normalized spacial score (nSPS) is 20.8. The van der Waals surface area contributed by atoms with Gasteiger partial charge < -0.3 is 15.6 Å². The summed E-state index contributed by atoms with van der Waals surface area (Å²) in [5.74, 6) is -2.55. The summed E-state index contributed by atoms with van der Waals surface area (Å²) in [5, 5.41) is 5.27. The molecule has 12 heteroatoms. The SMILES string of the molecule is C#[N+][C@@H]1C[C@@]2(CN1C(=O)[C@H](Cc1cccc(F)c1)NC(=O)c1cc(C(F)(F)F)c[nH]1)C(=O)Nc1ccccc12. The average molecular weight is 540 g/mol. The summed E-state index contributed by atoms with van der Waals surface area (Å²) in [6.45, 7) is 5.54. The van der Waals surface area contributed by atoms with E-state index in [-0.39, 0.29) is 25.3 Å². The number of hydrogen-bond acceptors (Lipinski definition) is 3. The fourth-order valence-electron chi connectivity index (χ4n) is 5.20. The van der Waals surface area contributed by atoms with Crippen LogP contribution in [0.2, 0.25) is 0 Å². The third-order valence-electron chi connectivity index (χ3n) is 7.10. The van der Waals surface area contributed by atoms with Crippen LogP contribution in [-0.2, 0) is 27.6 Å². The van der Waals surface area contributed by atoms with Gasteiger partial charge in [0.2, 0.25) is 5.91 Å². The van der Waals surface area contributed by atoms with Gasteiger partial charge in [-0.05, 0) is 35.4 Å². The summed E-state index contributed by atoms with van der Waals surface area (Å²) in [6, 6.07) is 11.7. The van der Waals surface area contributed by atoms with Gasteiger partial charge in [-0.25, -0.2) is 4.39 Å². The molecule has 5 rings (SSSR count). The maximum atomic E-state index is 13.9. The van der Waals surface area contributed by atoms with E-state index in [1.54, 1.807) is 30.3 Å². The zero-order chi connectivity index (χ0) is 27.9. The number of anilines is 1. The minimum atomic E-state index is -4.68. The molecule has 2 aromatic carbocycles. The van der Waals surface area contributed by atoms with Gasteiger partial charge >= 0.3 is 12.3 Å². The number of aromatic amines is 1. The Balaban J connectivity index is 1.46. The standard InChI is InChI=1S/C27H21F4N5O3/c1-32-22-12-26(18-7-2-3-8-19(18)35-25(26)39)14-36(22)24(38)21(10-15-5-4-6-17(28)9-15)34-23(37)20-11-16(13-33-20)27(29,30)31/h1-9,11,13,21-22H,10,12,14H2,(H2-,33,34,35,37,39)/p+1/t21-,22-,26-/m0/s1. The van der Waals surface area contributed by atoms with Crippen LogP contribution < -0.4 is 10.6 Å². The van der Waals surface area contributed by atoms with E-state index in [0.717, 1.165) is 0 Å². The molecule has 2 aliphatic heterocycles. The highest BCUT2D eigenvalue weighted by Crippen LogP contribution is 2.46. The van der Waals surface area contributed by atoms with Gasteiger partial charge in [-0.15, -0.1) is 0 Å². The van der Waals surface area contributed by atoms with Crippen LogP contribution in [0.3, 0.4) is 0 Å². The number of halogens is 4. The van der Waals surface area contributed by atoms with E-state index in [1.807, 2.05) is 0 Å². The van der Waals surface area contributed by atoms with E-state index in [2.05, 4.69) is 20.5 Å². The van der Waals surface area contributed by atoms with E-state index >= 15 is 0 Å². The molecule has 3 atom stereocenters. The fraction of sp³-hybridized carbons (Fsp3) is 0.259. The van der Waals surface area contributed by atoms with E-state index in [4.69, 9.17) is 6.57 Å². The second-order valence-electron chi connectivity index (χ2n) is 9.54. The number of carbonyl (C=O) groups excluding carboxylic acids is 3. The van der Waals surface area contributed by atoms with Gasteiger partial charge in [0.05, 0.1) is 12.0 Å². The third kappa shape index (κ3) is 4.71. The molecule has 1 saturated heterocycles. The molecule has 0 bridgehead atoms. The highest BCUT2D eigenvalue weighted by Gasteiger charge is 2.60. The van der Waals surface area contributed by atoms with E-state index in [0.29, 0.717) is 29.1 Å². The van der Waals surface area contributed by atoms with E-state index in [1.165, 1.54) is 23.1 Å². The number of nitrogens with one attached hydrogen (secondary N) is 3. The summed E-state index contributed by atoms with van der Waals surface area (Å²) in [4.78, 5) is 47.2. The van der Waals surface area contributed by atoms with Crippen molar-refractivity contribution in [2.75, 3.05) is 11.9 Å². The van der Waals surface area contributed by atoms with Gasteiger partial charge in [0.1, 0.15) is 23.0 Å². The number of carbonyl (C=O) groups is 3. The second kappa shape index (κ2) is 9.58. The number of alkyl halides is 3. The summed E-state index contributed by atoms with van der Waals surface area (Å²) >= 11 is 0. The largest absolute Gasteiger partial charge is 0.417 e. The molecule has 0 radical (unpaired) electrons. The molecule has 1 fully saturated rings. The van der Waals surface area contributed by atoms with Crippen LogP contribution in [0.15, 0.2) is 60.8 Å². The van der Waals surface area contributed by atoms with Crippen LogP contribution in [0, 0.1) is 12.4 Å². The number of amides is 3. The molecule has 1 spiro atoms. The van der Waals surface area contributed by atoms with Crippen LogP contribution in [-0.4, -0.2) is 46.4 Å². The molecule has 0 unspecified atom stereocenters. The first-order valence-electron chi connectivity index (χ1n) is 11.9. The van der Waals surface area contributed by atoms with Gasteiger partial charge in [-0.2, -0.15) is 13.2 Å². The summed E-state index contributed by atoms with van der Waals surface area (Å²) in [6.07, 6.45) is -5.06. The minimum absolute atomic E-state index is 0.0876. The van der Waals surface area contributed by atoms with Crippen molar-refractivity contribution >= 4 is 23.4 Å². The average Bonchev–Trinajstić information content (AvgIpc) is 3.60. The van der Waals surface area contributed by atoms with Gasteiger partial charge in [-0.1, -0.05) is 35.2 Å². The third-order valence-corrected chi connectivity index (χ3v) is 7.10. The first-order valence-corrected chi connectivity index (χ1v) is 11.9. The lowest BCUT2D eigenvalue weighted by Gasteiger charge is -2.25. The first kappa shape index (κ1) is 26.0. The quantitative estimate of drug-likeness (QED) is 0.428. The first-order chi connectivity index (χ1) is 18.5. The van der Waals surface area contributed by atoms with Crippen molar-refractivity contribution in [1.82, 2.24) is 15.2 Å². The molecular formula is C27H22F4N5O3+. The van der Waals surface area contributed by atoms with Crippen molar-refractivity contribution in [1.29, 1.82) is 0 Å². The number of fused-ring (bicyclic) bond motifs is 2. The highest BCUT2D eigenvalue weighted by molar-refractivity contribution is 6.07. The van der Waals surface area contributed by atoms with Gasteiger partial charge in [-0.3, -0.25) is 19.3 Å². The summed E-state index contributed by atoms with van der Waals surface area (Å²) in [5.41, 5.74) is -0.972. The maximum absolute atomic E-state index is 13.9. The lowest BCUT2D eigenvalue weighted by atomic mass is 9.80. The van der Waals surface area contributed by atoms with E-state index < -0.39 is 52.7 Å². The number of rotatable bonds is 5. The Labute approximate surface area is 219 Å². The van der Waals surface area contributed by atoms with Crippen LogP contribution in [0.5, 0.6) is 0 Å². The number of benzene rings is 2. The molecule has 3 heterocycles. The Morgan fingerprint density at radius 2 is 1.95 bits per heavy atom. The second-order valence-corrected chi connectivity index (χ2v) is 9.54. The smallest absolute Gasteiger partial charge is 0.357 e. The molecule has 39 heavy (non-hydrogen) atoms. The molecule has 2 aliphatic rings. The minimum Gasteiger partial charge on any atom is -0.357 e. The Kier molecular flexibility index (Phi) is 6.38. The van der Waals surface area contributed by atoms with Gasteiger partial charge in [0.25, 0.3) is 18.4 Å². The number of nitrogens with zero attached hydrogens (tertiary/aromatic N) is 2. The predicted octanol–water partition coefficient (Wildman–Crippen LogP) is 3.92. The monoisotopic (exact) mass is 540 g/mol. The fourth-order valence-corrected chi connectivity index (χ4v) is 5.20. The molecule has 0 saturated carbocycles. The molecule has 8 nitrogen and oxygen atoms in total. The number of likely N-dealkylation sites (tertiary alicyclic amines) is 1. The molecule has 3 aromatic rings. The highest BCUT2D eigenvalue weighted by atomic mass is 19.4. The van der Waals surface area contributed by atoms with Crippen LogP contribution in [0.1, 0.15) is 33.6 Å². The zero-order valence-electron chi connectivity index (χ0n) is 20.3. The number of hydrogen-bond donors (Lipinski definition) is 3. The van der Waals surface area contributed by atoms with Crippen molar-refractivity contribution in [3.05, 3.63) is 93.8 Å². The van der Waals surface area contributed by atoms with Crippen LogP contribution in [0.4, 0.5) is 23.2 Å². The van der Waals surface area contributed by atoms with Gasteiger partial charge in [0, 0.05) is 24.8 Å². The molecule has 3 N–H and O–H groups in total. The summed E-state index contributed by atoms with van der Waals surface area (Å²) in [7, 11) is 0. The molecule has 0 aliphatic carbocycles. The number of aromatic nitrogens is 1. The van der Waals surface area contributed by atoms with Crippen molar-refractivity contribution in [3.63, 3.8) is 0 Å². The number of H-pyrrole nitrogens is 1. The molecule has 200 valence electrons. The van der Waals surface area contributed by atoms with Crippen molar-refractivity contribution in [2.24, 2.45) is 0 Å². The Morgan fingerprint density at radius 1 is 1.18 bits per heavy atom. The molecule has 3 amide bonds. The van der Waals surface area contributed by atoms with Crippen molar-refractivity contribution in [2.45, 2.75) is 36.6 Å². The maximum Gasteiger partial charge on any atom is 0.417 e. The van der Waals surface area contributed by atoms with Gasteiger partial charge in [0.15, 0.2) is 0 Å². The van der Waals surface area contributed by atoms with Crippen LogP contribution in [0.25, 0.3) is 4.85 Å². The lowest BCUT2D eigenvalue weighted by Crippen LogP contribution is -2.51. The molecule has 1 aromatic heterocycles. The van der Waals surface area contributed by atoms with Crippen LogP contribution >= 0.6 is 0 Å². The predicted molar refractivity (Wildman–Crippen MR) is 132 cm³/mol. The van der Waals surface area contributed by atoms with Crippen molar-refractivity contribution in [3.8, 4) is 6.57 Å². The Hall–Kier alpha value is -4.66. The summed E-state index contributed by atoms with van der Waals surface area (Å²) < 4.78 is 53.0. The van der Waals surface area contributed by atoms with E-state index in [9.17, 15) is 31.9 Å². The van der Waals surface area contributed by atoms with Crippen molar-refractivity contribution < 1.29 is 31.9 Å². The Morgan fingerprint density at radius 3 is 2.64 bits per heavy atom.